The summed E-state index contributed by atoms with van der Waals surface area (Å²) in [5, 5.41) is 0. The van der Waals surface area contributed by atoms with Crippen LogP contribution in [-0.4, -0.2) is 54.6 Å². The number of carbonyl (C=O) groups is 2. The predicted molar refractivity (Wildman–Crippen MR) is 94.3 cm³/mol. The fourth-order valence-electron chi connectivity index (χ4n) is 2.81. The van der Waals surface area contributed by atoms with Gasteiger partial charge in [0, 0.05) is 31.7 Å². The van der Waals surface area contributed by atoms with E-state index in [1.165, 1.54) is 5.56 Å². The molecule has 1 heterocycles. The summed E-state index contributed by atoms with van der Waals surface area (Å²) < 4.78 is 5.05. The highest BCUT2D eigenvalue weighted by atomic mass is 16.6. The van der Waals surface area contributed by atoms with Crippen molar-refractivity contribution in [1.29, 1.82) is 0 Å². The van der Waals surface area contributed by atoms with E-state index in [-0.39, 0.29) is 17.4 Å². The molecular weight excluding hydrogens is 304 g/mol. The second-order valence-electron chi connectivity index (χ2n) is 7.16. The van der Waals surface area contributed by atoms with E-state index in [0.717, 1.165) is 6.42 Å². The second-order valence-corrected chi connectivity index (χ2v) is 7.16. The van der Waals surface area contributed by atoms with Crippen molar-refractivity contribution in [1.82, 2.24) is 9.80 Å². The molecule has 0 N–H and O–H groups in total. The molecule has 1 saturated heterocycles. The number of amides is 2. The number of ether oxygens (including phenoxy) is 1. The van der Waals surface area contributed by atoms with Gasteiger partial charge in [0.25, 0.3) is 5.91 Å². The van der Waals surface area contributed by atoms with E-state index in [9.17, 15) is 9.59 Å². The highest BCUT2D eigenvalue weighted by molar-refractivity contribution is 5.94. The van der Waals surface area contributed by atoms with Crippen LogP contribution in [0.15, 0.2) is 24.3 Å². The number of nitrogens with zero attached hydrogens (tertiary/aromatic N) is 2. The fraction of sp³-hybridized carbons (Fsp3) is 0.579. The predicted octanol–water partition coefficient (Wildman–Crippen LogP) is 3.29. The van der Waals surface area contributed by atoms with Gasteiger partial charge in [-0.2, -0.15) is 0 Å². The highest BCUT2D eigenvalue weighted by Crippen LogP contribution is 2.22. The molecule has 2 rings (SSSR count). The zero-order valence-corrected chi connectivity index (χ0v) is 15.2. The molecule has 1 aromatic rings. The lowest BCUT2D eigenvalue weighted by molar-refractivity contribution is 0.0753. The van der Waals surface area contributed by atoms with Crippen LogP contribution in [0.3, 0.4) is 0 Å². The van der Waals surface area contributed by atoms with Crippen LogP contribution in [0.2, 0.25) is 0 Å². The molecule has 0 aliphatic carbocycles. The third-order valence-electron chi connectivity index (χ3n) is 4.31. The maximum Gasteiger partial charge on any atom is 0.409 e. The average molecular weight is 332 g/mol. The smallest absolute Gasteiger partial charge is 0.409 e. The van der Waals surface area contributed by atoms with Crippen LogP contribution < -0.4 is 0 Å². The molecule has 0 saturated carbocycles. The van der Waals surface area contributed by atoms with E-state index in [2.05, 4.69) is 20.8 Å². The molecule has 5 heteroatoms. The van der Waals surface area contributed by atoms with Crippen LogP contribution in [0.25, 0.3) is 0 Å². The van der Waals surface area contributed by atoms with Crippen LogP contribution in [0.4, 0.5) is 4.79 Å². The normalized spacial score (nSPS) is 15.8. The molecule has 1 aromatic carbocycles. The lowest BCUT2D eigenvalue weighted by atomic mass is 9.86. The van der Waals surface area contributed by atoms with E-state index < -0.39 is 0 Å². The Hall–Kier alpha value is -2.04. The van der Waals surface area contributed by atoms with Gasteiger partial charge in [0.05, 0.1) is 6.61 Å². The zero-order chi connectivity index (χ0) is 17.7. The van der Waals surface area contributed by atoms with Gasteiger partial charge in [-0.1, -0.05) is 32.9 Å². The first-order chi connectivity index (χ1) is 11.3. The number of rotatable bonds is 2. The van der Waals surface area contributed by atoms with Gasteiger partial charge in [-0.15, -0.1) is 0 Å². The summed E-state index contributed by atoms with van der Waals surface area (Å²) in [5.41, 5.74) is 1.99. The fourth-order valence-corrected chi connectivity index (χ4v) is 2.81. The van der Waals surface area contributed by atoms with Gasteiger partial charge in [-0.3, -0.25) is 4.79 Å². The Morgan fingerprint density at radius 2 is 1.58 bits per heavy atom. The molecule has 0 aromatic heterocycles. The third kappa shape index (κ3) is 4.49. The largest absolute Gasteiger partial charge is 0.450 e. The molecule has 0 atom stereocenters. The van der Waals surface area contributed by atoms with E-state index >= 15 is 0 Å². The van der Waals surface area contributed by atoms with Crippen molar-refractivity contribution in [3.05, 3.63) is 35.4 Å². The molecule has 132 valence electrons. The van der Waals surface area contributed by atoms with Gasteiger partial charge < -0.3 is 14.5 Å². The molecule has 1 aliphatic rings. The molecular formula is C19H28N2O3. The second kappa shape index (κ2) is 7.69. The Balaban J connectivity index is 2.01. The van der Waals surface area contributed by atoms with Gasteiger partial charge in [0.15, 0.2) is 0 Å². The Bertz CT molecular complexity index is 575. The molecule has 24 heavy (non-hydrogen) atoms. The van der Waals surface area contributed by atoms with E-state index in [0.29, 0.717) is 38.3 Å². The Kier molecular flexibility index (Phi) is 5.86. The summed E-state index contributed by atoms with van der Waals surface area (Å²) in [7, 11) is 0. The Labute approximate surface area is 144 Å². The van der Waals surface area contributed by atoms with Gasteiger partial charge in [-0.25, -0.2) is 4.79 Å². The minimum atomic E-state index is -0.290. The van der Waals surface area contributed by atoms with E-state index in [1.807, 2.05) is 29.2 Å². The molecule has 1 aliphatic heterocycles. The van der Waals surface area contributed by atoms with Gasteiger partial charge in [-0.05, 0) is 36.5 Å². The first-order valence-corrected chi connectivity index (χ1v) is 8.64. The Morgan fingerprint density at radius 1 is 1.00 bits per heavy atom. The molecule has 5 nitrogen and oxygen atoms in total. The summed E-state index contributed by atoms with van der Waals surface area (Å²) in [4.78, 5) is 28.0. The topological polar surface area (TPSA) is 49.9 Å². The number of hydrogen-bond acceptors (Lipinski definition) is 3. The number of carbonyl (C=O) groups excluding carboxylic acids is 2. The van der Waals surface area contributed by atoms with Crippen molar-refractivity contribution in [3.63, 3.8) is 0 Å². The molecule has 1 fully saturated rings. The van der Waals surface area contributed by atoms with Crippen molar-refractivity contribution >= 4 is 12.0 Å². The maximum absolute atomic E-state index is 12.7. The lowest BCUT2D eigenvalue weighted by Gasteiger charge is -2.23. The monoisotopic (exact) mass is 332 g/mol. The zero-order valence-electron chi connectivity index (χ0n) is 15.2. The molecule has 0 radical (unpaired) electrons. The minimum absolute atomic E-state index is 0.0289. The summed E-state index contributed by atoms with van der Waals surface area (Å²) in [6.07, 6.45) is 0.478. The highest BCUT2D eigenvalue weighted by Gasteiger charge is 2.23. The van der Waals surface area contributed by atoms with Gasteiger partial charge >= 0.3 is 6.09 Å². The van der Waals surface area contributed by atoms with Crippen molar-refractivity contribution in [3.8, 4) is 0 Å². The van der Waals surface area contributed by atoms with E-state index in [1.54, 1.807) is 11.8 Å². The van der Waals surface area contributed by atoms with Crippen LogP contribution in [-0.2, 0) is 10.2 Å². The average Bonchev–Trinajstić information content (AvgIpc) is 2.80. The molecule has 0 spiro atoms. The SMILES string of the molecule is CCOC(=O)N1CCCN(C(=O)c2ccc(C(C)(C)C)cc2)CC1. The van der Waals surface area contributed by atoms with E-state index in [4.69, 9.17) is 4.74 Å². The summed E-state index contributed by atoms with van der Waals surface area (Å²) >= 11 is 0. The minimum Gasteiger partial charge on any atom is -0.450 e. The van der Waals surface area contributed by atoms with Crippen molar-refractivity contribution in [2.24, 2.45) is 0 Å². The first kappa shape index (κ1) is 18.3. The van der Waals surface area contributed by atoms with Gasteiger partial charge in [0.2, 0.25) is 0 Å². The quantitative estimate of drug-likeness (QED) is 0.835. The summed E-state index contributed by atoms with van der Waals surface area (Å²) in [5.74, 6) is 0.0289. The first-order valence-electron chi connectivity index (χ1n) is 8.64. The Morgan fingerprint density at radius 3 is 2.17 bits per heavy atom. The molecule has 0 bridgehead atoms. The van der Waals surface area contributed by atoms with Crippen LogP contribution >= 0.6 is 0 Å². The lowest BCUT2D eigenvalue weighted by Crippen LogP contribution is -2.37. The van der Waals surface area contributed by atoms with Gasteiger partial charge in [0.1, 0.15) is 0 Å². The number of hydrogen-bond donors (Lipinski definition) is 0. The maximum atomic E-state index is 12.7. The molecule has 2 amide bonds. The van der Waals surface area contributed by atoms with Crippen LogP contribution in [0.5, 0.6) is 0 Å². The summed E-state index contributed by atoms with van der Waals surface area (Å²) in [6, 6.07) is 7.85. The standard InChI is InChI=1S/C19H28N2O3/c1-5-24-18(23)21-12-6-11-20(13-14-21)17(22)15-7-9-16(10-8-15)19(2,3)4/h7-10H,5-6,11-14H2,1-4H3. The van der Waals surface area contributed by atoms with Crippen molar-refractivity contribution in [2.75, 3.05) is 32.8 Å². The van der Waals surface area contributed by atoms with Crippen LogP contribution in [0, 0.1) is 0 Å². The summed E-state index contributed by atoms with van der Waals surface area (Å²) in [6.45, 7) is 11.0. The molecule has 0 unspecified atom stereocenters. The van der Waals surface area contributed by atoms with Crippen molar-refractivity contribution in [2.45, 2.75) is 39.5 Å². The van der Waals surface area contributed by atoms with Crippen molar-refractivity contribution < 1.29 is 14.3 Å². The third-order valence-corrected chi connectivity index (χ3v) is 4.31. The number of benzene rings is 1. The van der Waals surface area contributed by atoms with Crippen LogP contribution in [0.1, 0.15) is 50.0 Å².